The van der Waals surface area contributed by atoms with Crippen LogP contribution in [0, 0.1) is 6.92 Å². The fraction of sp³-hybridized carbons (Fsp3) is 0.318. The third-order valence-corrected chi connectivity index (χ3v) is 5.13. The normalized spacial score (nSPS) is 14.0. The van der Waals surface area contributed by atoms with Crippen molar-refractivity contribution in [3.63, 3.8) is 0 Å². The maximum atomic E-state index is 12.9. The first kappa shape index (κ1) is 18.2. The van der Waals surface area contributed by atoms with Gasteiger partial charge in [-0.05, 0) is 31.9 Å². The van der Waals surface area contributed by atoms with E-state index in [2.05, 4.69) is 10.3 Å². The molecule has 1 saturated heterocycles. The number of carbonyl (C=O) groups is 2. The Hall–Kier alpha value is -3.15. The maximum absolute atomic E-state index is 12.9. The van der Waals surface area contributed by atoms with Gasteiger partial charge in [0.05, 0.1) is 5.69 Å². The molecular weight excluding hydrogens is 352 g/mol. The minimum atomic E-state index is -0.188. The molecule has 1 aromatic carbocycles. The van der Waals surface area contributed by atoms with Crippen molar-refractivity contribution in [2.24, 2.45) is 0 Å². The van der Waals surface area contributed by atoms with Crippen molar-refractivity contribution in [3.8, 4) is 11.3 Å². The van der Waals surface area contributed by atoms with E-state index in [1.165, 1.54) is 5.56 Å². The number of pyridine rings is 1. The molecule has 144 valence electrons. The van der Waals surface area contributed by atoms with E-state index in [4.69, 9.17) is 0 Å². The number of nitrogens with zero attached hydrogens (tertiary/aromatic N) is 3. The van der Waals surface area contributed by atoms with Gasteiger partial charge in [0.15, 0.2) is 5.69 Å². The predicted molar refractivity (Wildman–Crippen MR) is 108 cm³/mol. The Labute approximate surface area is 164 Å². The molecule has 0 saturated carbocycles. The molecule has 3 aromatic rings. The van der Waals surface area contributed by atoms with E-state index < -0.39 is 0 Å². The van der Waals surface area contributed by atoms with Gasteiger partial charge in [-0.15, -0.1) is 0 Å². The van der Waals surface area contributed by atoms with Crippen LogP contribution >= 0.6 is 0 Å². The minimum Gasteiger partial charge on any atom is -0.351 e. The fourth-order valence-corrected chi connectivity index (χ4v) is 3.64. The van der Waals surface area contributed by atoms with E-state index >= 15 is 0 Å². The number of likely N-dealkylation sites (tertiary alicyclic amines) is 1. The molecule has 1 N–H and O–H groups in total. The summed E-state index contributed by atoms with van der Waals surface area (Å²) in [7, 11) is 0. The molecule has 0 unspecified atom stereocenters. The Balaban J connectivity index is 1.52. The summed E-state index contributed by atoms with van der Waals surface area (Å²) in [5, 5.41) is 2.97. The number of nitrogens with one attached hydrogen (secondary N) is 1. The Kier molecular flexibility index (Phi) is 5.10. The number of aryl methyl sites for hydroxylation is 1. The number of aromatic nitrogens is 2. The van der Waals surface area contributed by atoms with Crippen molar-refractivity contribution in [1.82, 2.24) is 19.6 Å². The first-order valence-corrected chi connectivity index (χ1v) is 9.73. The number of carbonyl (C=O) groups excluding carboxylic acids is 2. The second kappa shape index (κ2) is 7.84. The average molecular weight is 376 g/mol. The molecule has 2 aromatic heterocycles. The standard InChI is InChI=1S/C22H24N4O2/c1-16-8-10-17(11-9-16)21-20(24-18-6-2-3-15-26(18)21)22(28)23-12-5-14-25-13-4-7-19(25)27/h2-3,6,8-11,15H,4-5,7,12-14H2,1H3,(H,23,28). The van der Waals surface area contributed by atoms with Crippen molar-refractivity contribution in [3.05, 3.63) is 59.9 Å². The van der Waals surface area contributed by atoms with Crippen LogP contribution in [0.25, 0.3) is 16.9 Å². The van der Waals surface area contributed by atoms with E-state index in [-0.39, 0.29) is 11.8 Å². The van der Waals surface area contributed by atoms with Gasteiger partial charge in [-0.3, -0.25) is 14.0 Å². The molecule has 28 heavy (non-hydrogen) atoms. The van der Waals surface area contributed by atoms with Crippen molar-refractivity contribution in [2.45, 2.75) is 26.2 Å². The van der Waals surface area contributed by atoms with Crippen LogP contribution in [0.15, 0.2) is 48.7 Å². The fourth-order valence-electron chi connectivity index (χ4n) is 3.64. The summed E-state index contributed by atoms with van der Waals surface area (Å²) in [6, 6.07) is 13.8. The molecule has 1 aliphatic heterocycles. The highest BCUT2D eigenvalue weighted by Crippen LogP contribution is 2.25. The smallest absolute Gasteiger partial charge is 0.272 e. The van der Waals surface area contributed by atoms with Crippen LogP contribution in [-0.4, -0.2) is 45.7 Å². The van der Waals surface area contributed by atoms with E-state index in [1.54, 1.807) is 0 Å². The quantitative estimate of drug-likeness (QED) is 0.673. The van der Waals surface area contributed by atoms with Gasteiger partial charge < -0.3 is 10.2 Å². The first-order valence-electron chi connectivity index (χ1n) is 9.73. The summed E-state index contributed by atoms with van der Waals surface area (Å²) in [6.45, 7) is 4.08. The third kappa shape index (κ3) is 3.63. The lowest BCUT2D eigenvalue weighted by molar-refractivity contribution is -0.127. The van der Waals surface area contributed by atoms with Gasteiger partial charge in [-0.25, -0.2) is 4.98 Å². The number of imidazole rings is 1. The van der Waals surface area contributed by atoms with E-state index in [9.17, 15) is 9.59 Å². The molecule has 6 heteroatoms. The molecule has 0 bridgehead atoms. The SMILES string of the molecule is Cc1ccc(-c2c(C(=O)NCCCN3CCCC3=O)nc3ccccn23)cc1. The highest BCUT2D eigenvalue weighted by atomic mass is 16.2. The van der Waals surface area contributed by atoms with Gasteiger partial charge >= 0.3 is 0 Å². The molecule has 0 atom stereocenters. The lowest BCUT2D eigenvalue weighted by Gasteiger charge is -2.15. The Morgan fingerprint density at radius 2 is 2.00 bits per heavy atom. The van der Waals surface area contributed by atoms with Gasteiger partial charge in [-0.1, -0.05) is 35.9 Å². The topological polar surface area (TPSA) is 66.7 Å². The van der Waals surface area contributed by atoms with Gasteiger partial charge in [0, 0.05) is 37.8 Å². The van der Waals surface area contributed by atoms with Crippen LogP contribution in [0.2, 0.25) is 0 Å². The Bertz CT molecular complexity index is 1010. The van der Waals surface area contributed by atoms with Crippen LogP contribution < -0.4 is 5.32 Å². The van der Waals surface area contributed by atoms with Crippen molar-refractivity contribution < 1.29 is 9.59 Å². The molecule has 0 spiro atoms. The van der Waals surface area contributed by atoms with Crippen molar-refractivity contribution in [2.75, 3.05) is 19.6 Å². The molecule has 2 amide bonds. The number of hydrogen-bond acceptors (Lipinski definition) is 3. The predicted octanol–water partition coefficient (Wildman–Crippen LogP) is 3.05. The largest absolute Gasteiger partial charge is 0.351 e. The zero-order valence-electron chi connectivity index (χ0n) is 16.0. The summed E-state index contributed by atoms with van der Waals surface area (Å²) in [4.78, 5) is 31.0. The van der Waals surface area contributed by atoms with Gasteiger partial charge in [0.25, 0.3) is 5.91 Å². The molecule has 1 fully saturated rings. The first-order chi connectivity index (χ1) is 13.6. The second-order valence-electron chi connectivity index (χ2n) is 7.20. The van der Waals surface area contributed by atoms with Crippen LogP contribution in [0.1, 0.15) is 35.3 Å². The number of benzene rings is 1. The molecule has 1 aliphatic rings. The zero-order valence-corrected chi connectivity index (χ0v) is 16.0. The molecule has 4 rings (SSSR count). The van der Waals surface area contributed by atoms with Crippen molar-refractivity contribution in [1.29, 1.82) is 0 Å². The minimum absolute atomic E-state index is 0.188. The number of hydrogen-bond donors (Lipinski definition) is 1. The zero-order chi connectivity index (χ0) is 19.5. The summed E-state index contributed by atoms with van der Waals surface area (Å²) >= 11 is 0. The summed E-state index contributed by atoms with van der Waals surface area (Å²) < 4.78 is 1.95. The van der Waals surface area contributed by atoms with Gasteiger partial charge in [0.1, 0.15) is 5.65 Å². The maximum Gasteiger partial charge on any atom is 0.272 e. The third-order valence-electron chi connectivity index (χ3n) is 5.13. The molecule has 0 radical (unpaired) electrons. The monoisotopic (exact) mass is 376 g/mol. The second-order valence-corrected chi connectivity index (χ2v) is 7.20. The van der Waals surface area contributed by atoms with Crippen LogP contribution in [0.5, 0.6) is 0 Å². The van der Waals surface area contributed by atoms with Crippen molar-refractivity contribution >= 4 is 17.5 Å². The molecule has 0 aliphatic carbocycles. The summed E-state index contributed by atoms with van der Waals surface area (Å²) in [5.74, 6) is 0.0281. The summed E-state index contributed by atoms with van der Waals surface area (Å²) in [6.07, 6.45) is 4.25. The van der Waals surface area contributed by atoms with E-state index in [0.29, 0.717) is 25.2 Å². The number of fused-ring (bicyclic) bond motifs is 1. The molecular formula is C22H24N4O2. The van der Waals surface area contributed by atoms with Crippen LogP contribution in [0.4, 0.5) is 0 Å². The Morgan fingerprint density at radius 1 is 1.18 bits per heavy atom. The lowest BCUT2D eigenvalue weighted by Crippen LogP contribution is -2.31. The average Bonchev–Trinajstić information content (AvgIpc) is 3.29. The Morgan fingerprint density at radius 3 is 2.75 bits per heavy atom. The number of amides is 2. The van der Waals surface area contributed by atoms with Gasteiger partial charge in [-0.2, -0.15) is 0 Å². The van der Waals surface area contributed by atoms with E-state index in [0.717, 1.165) is 36.3 Å². The highest BCUT2D eigenvalue weighted by molar-refractivity contribution is 5.99. The molecule has 6 nitrogen and oxygen atoms in total. The summed E-state index contributed by atoms with van der Waals surface area (Å²) in [5.41, 5.74) is 4.08. The molecule has 3 heterocycles. The van der Waals surface area contributed by atoms with Crippen LogP contribution in [0.3, 0.4) is 0 Å². The van der Waals surface area contributed by atoms with Gasteiger partial charge in [0.2, 0.25) is 5.91 Å². The number of rotatable bonds is 6. The van der Waals surface area contributed by atoms with E-state index in [1.807, 2.05) is 64.9 Å². The lowest BCUT2D eigenvalue weighted by atomic mass is 10.1. The highest BCUT2D eigenvalue weighted by Gasteiger charge is 2.21. The van der Waals surface area contributed by atoms with Crippen LogP contribution in [-0.2, 0) is 4.79 Å².